The molecule has 0 aliphatic carbocycles. The molecule has 292 valence electrons. The van der Waals surface area contributed by atoms with Crippen LogP contribution in [0.3, 0.4) is 0 Å². The predicted octanol–water partition coefficient (Wildman–Crippen LogP) is 7.93. The lowest BCUT2D eigenvalue weighted by Gasteiger charge is -2.34. The summed E-state index contributed by atoms with van der Waals surface area (Å²) in [5, 5.41) is 9.54. The topological polar surface area (TPSA) is 142 Å². The monoisotopic (exact) mass is 756 g/mol. The third-order valence-electron chi connectivity index (χ3n) is 11.6. The summed E-state index contributed by atoms with van der Waals surface area (Å²) < 4.78 is 0. The molecule has 4 atom stereocenters. The van der Waals surface area contributed by atoms with Gasteiger partial charge in [-0.25, -0.2) is 14.8 Å². The summed E-state index contributed by atoms with van der Waals surface area (Å²) in [4.78, 5) is 62.8. The van der Waals surface area contributed by atoms with Crippen molar-refractivity contribution in [1.82, 2.24) is 39.5 Å². The van der Waals surface area contributed by atoms with Crippen molar-refractivity contribution < 1.29 is 19.5 Å². The normalized spacial score (nSPS) is 18.0. The Morgan fingerprint density at radius 3 is 1.61 bits per heavy atom. The van der Waals surface area contributed by atoms with E-state index >= 15 is 0 Å². The Hall–Kier alpha value is -5.75. The molecule has 2 aliphatic rings. The number of likely N-dealkylation sites (tertiary alicyclic amines) is 2. The number of carbonyl (C=O) groups excluding carboxylic acids is 2. The van der Waals surface area contributed by atoms with Gasteiger partial charge in [-0.05, 0) is 80.4 Å². The number of aromatic nitrogens is 4. The maximum absolute atomic E-state index is 14.2. The van der Waals surface area contributed by atoms with Crippen LogP contribution >= 0.6 is 0 Å². The maximum atomic E-state index is 14.2. The SMILES string of the molecule is CCN(CC)[C@@H](C(=O)N1CCC[C@H]1c1ncc(-c2ccc(-c3ccc(-c4cnc([C@@H]5CCCN5C(=O)[C@H](C)N(CC)C(=O)O)[nH]4)cc3)cc2)[nH]1)c1ccccc1. The van der Waals surface area contributed by atoms with Crippen molar-refractivity contribution in [2.24, 2.45) is 0 Å². The molecule has 2 aromatic heterocycles. The fourth-order valence-electron chi connectivity index (χ4n) is 8.46. The summed E-state index contributed by atoms with van der Waals surface area (Å²) >= 11 is 0. The van der Waals surface area contributed by atoms with E-state index in [9.17, 15) is 19.5 Å². The third kappa shape index (κ3) is 7.70. The van der Waals surface area contributed by atoms with Crippen LogP contribution in [0.4, 0.5) is 4.79 Å². The van der Waals surface area contributed by atoms with Crippen LogP contribution in [0.15, 0.2) is 91.3 Å². The lowest BCUT2D eigenvalue weighted by Crippen LogP contribution is -2.48. The van der Waals surface area contributed by atoms with Gasteiger partial charge in [0, 0.05) is 19.6 Å². The standard InChI is InChI=1S/C44H52N8O4/c1-5-49(6-2)39(34-13-9-8-10-14-34)43(54)52-26-12-16-38(52)41-46-28-36(48-41)33-23-19-31(20-24-33)30-17-21-32(22-18-30)35-27-45-40(47-35)37-15-11-25-51(37)42(53)29(4)50(7-3)44(55)56/h8-10,13-14,17-24,27-29,37-39H,5-7,11-12,15-16,25-26H2,1-4H3,(H,45,47)(H,46,48)(H,55,56)/t29-,37-,38-,39+/m0/s1. The van der Waals surface area contributed by atoms with E-state index in [4.69, 9.17) is 4.98 Å². The first-order valence-electron chi connectivity index (χ1n) is 19.9. The quantitative estimate of drug-likeness (QED) is 0.111. The molecule has 0 spiro atoms. The van der Waals surface area contributed by atoms with Crippen LogP contribution in [0.25, 0.3) is 33.6 Å². The Balaban J connectivity index is 1.01. The number of imidazole rings is 2. The third-order valence-corrected chi connectivity index (χ3v) is 11.6. The van der Waals surface area contributed by atoms with Crippen molar-refractivity contribution in [3.8, 4) is 33.6 Å². The number of carbonyl (C=O) groups is 3. The highest BCUT2D eigenvalue weighted by molar-refractivity contribution is 5.86. The number of hydrogen-bond donors (Lipinski definition) is 3. The molecule has 56 heavy (non-hydrogen) atoms. The van der Waals surface area contributed by atoms with Gasteiger partial charge in [0.15, 0.2) is 0 Å². The molecule has 0 bridgehead atoms. The van der Waals surface area contributed by atoms with Crippen LogP contribution < -0.4 is 0 Å². The summed E-state index contributed by atoms with van der Waals surface area (Å²) in [5.41, 5.74) is 6.96. The summed E-state index contributed by atoms with van der Waals surface area (Å²) in [6.07, 6.45) is 5.98. The van der Waals surface area contributed by atoms with Crippen LogP contribution in [0.5, 0.6) is 0 Å². The number of aromatic amines is 2. The lowest BCUT2D eigenvalue weighted by atomic mass is 10.0. The lowest BCUT2D eigenvalue weighted by molar-refractivity contribution is -0.138. The van der Waals surface area contributed by atoms with Gasteiger partial charge in [-0.3, -0.25) is 19.4 Å². The van der Waals surface area contributed by atoms with E-state index in [1.54, 1.807) is 24.9 Å². The molecule has 12 nitrogen and oxygen atoms in total. The van der Waals surface area contributed by atoms with Crippen molar-refractivity contribution >= 4 is 17.9 Å². The second kappa shape index (κ2) is 16.9. The molecule has 2 aliphatic heterocycles. The fourth-order valence-corrected chi connectivity index (χ4v) is 8.46. The smallest absolute Gasteiger partial charge is 0.407 e. The van der Waals surface area contributed by atoms with Crippen LogP contribution in [0.2, 0.25) is 0 Å². The number of nitrogens with one attached hydrogen (secondary N) is 2. The van der Waals surface area contributed by atoms with E-state index < -0.39 is 12.1 Å². The van der Waals surface area contributed by atoms with Gasteiger partial charge < -0.3 is 24.9 Å². The zero-order chi connectivity index (χ0) is 39.3. The largest absolute Gasteiger partial charge is 0.465 e. The summed E-state index contributed by atoms with van der Waals surface area (Å²) in [6, 6.07) is 25.4. The maximum Gasteiger partial charge on any atom is 0.407 e. The molecule has 3 N–H and O–H groups in total. The average molecular weight is 757 g/mol. The summed E-state index contributed by atoms with van der Waals surface area (Å²) in [7, 11) is 0. The van der Waals surface area contributed by atoms with Gasteiger partial charge in [-0.15, -0.1) is 0 Å². The second-order valence-electron chi connectivity index (χ2n) is 14.7. The molecule has 3 aromatic carbocycles. The zero-order valence-electron chi connectivity index (χ0n) is 32.7. The molecule has 7 rings (SSSR count). The molecule has 2 fully saturated rings. The van der Waals surface area contributed by atoms with E-state index in [2.05, 4.69) is 94.4 Å². The number of H-pyrrole nitrogens is 2. The van der Waals surface area contributed by atoms with Gasteiger partial charge in [0.25, 0.3) is 0 Å². The molecule has 3 amide bonds. The molecule has 0 unspecified atom stereocenters. The fraction of sp³-hybridized carbons (Fsp3) is 0.386. The average Bonchev–Trinajstić information content (AvgIpc) is 4.07. The summed E-state index contributed by atoms with van der Waals surface area (Å²) in [6.45, 7) is 10.7. The van der Waals surface area contributed by atoms with Gasteiger partial charge in [-0.1, -0.05) is 92.7 Å². The first-order valence-corrected chi connectivity index (χ1v) is 19.9. The second-order valence-corrected chi connectivity index (χ2v) is 14.7. The van der Waals surface area contributed by atoms with Crippen molar-refractivity contribution in [1.29, 1.82) is 0 Å². The Kier molecular flexibility index (Phi) is 11.7. The highest BCUT2D eigenvalue weighted by atomic mass is 16.4. The number of hydrogen-bond acceptors (Lipinski definition) is 6. The highest BCUT2D eigenvalue weighted by Crippen LogP contribution is 2.36. The zero-order valence-corrected chi connectivity index (χ0v) is 32.7. The Morgan fingerprint density at radius 2 is 1.16 bits per heavy atom. The van der Waals surface area contributed by atoms with Gasteiger partial charge in [0.05, 0.1) is 35.9 Å². The molecule has 0 radical (unpaired) electrons. The molecular formula is C44H52N8O4. The van der Waals surface area contributed by atoms with Crippen molar-refractivity contribution in [3.63, 3.8) is 0 Å². The van der Waals surface area contributed by atoms with Crippen molar-refractivity contribution in [2.45, 2.75) is 77.5 Å². The van der Waals surface area contributed by atoms with Gasteiger partial charge in [-0.2, -0.15) is 0 Å². The van der Waals surface area contributed by atoms with E-state index in [0.29, 0.717) is 18.9 Å². The molecule has 0 saturated carbocycles. The Bertz CT molecular complexity index is 2110. The molecular weight excluding hydrogens is 705 g/mol. The van der Waals surface area contributed by atoms with Crippen molar-refractivity contribution in [3.05, 3.63) is 108 Å². The van der Waals surface area contributed by atoms with E-state index in [1.807, 2.05) is 29.3 Å². The Labute approximate surface area is 328 Å². The minimum absolute atomic E-state index is 0.0966. The van der Waals surface area contributed by atoms with Gasteiger partial charge in [0.2, 0.25) is 11.8 Å². The van der Waals surface area contributed by atoms with Crippen LogP contribution in [0, 0.1) is 0 Å². The number of benzene rings is 3. The molecule has 4 heterocycles. The minimum atomic E-state index is -1.10. The van der Waals surface area contributed by atoms with E-state index in [-0.39, 0.29) is 36.5 Å². The summed E-state index contributed by atoms with van der Waals surface area (Å²) in [5.74, 6) is 1.46. The van der Waals surface area contributed by atoms with Crippen LogP contribution in [-0.2, 0) is 9.59 Å². The number of rotatable bonds is 13. The predicted molar refractivity (Wildman–Crippen MR) is 216 cm³/mol. The van der Waals surface area contributed by atoms with Crippen molar-refractivity contribution in [2.75, 3.05) is 32.7 Å². The van der Waals surface area contributed by atoms with E-state index in [0.717, 1.165) is 88.7 Å². The number of amides is 3. The van der Waals surface area contributed by atoms with E-state index in [1.165, 1.54) is 0 Å². The van der Waals surface area contributed by atoms with Crippen LogP contribution in [-0.4, -0.2) is 101 Å². The van der Waals surface area contributed by atoms with Gasteiger partial charge >= 0.3 is 6.09 Å². The first-order chi connectivity index (χ1) is 27.2. The number of likely N-dealkylation sites (N-methyl/N-ethyl adjacent to an activating group) is 2. The Morgan fingerprint density at radius 1 is 0.696 bits per heavy atom. The first kappa shape index (κ1) is 38.5. The van der Waals surface area contributed by atoms with Crippen LogP contribution in [0.1, 0.15) is 88.7 Å². The highest BCUT2D eigenvalue weighted by Gasteiger charge is 2.39. The van der Waals surface area contributed by atoms with Gasteiger partial charge in [0.1, 0.15) is 23.7 Å². The number of carboxylic acid groups (broad SMARTS) is 1. The minimum Gasteiger partial charge on any atom is -0.465 e. The number of nitrogens with zero attached hydrogens (tertiary/aromatic N) is 6. The molecule has 5 aromatic rings. The molecule has 12 heteroatoms. The molecule has 2 saturated heterocycles.